The Kier molecular flexibility index (Phi) is 7.70. The molecule has 0 saturated carbocycles. The summed E-state index contributed by atoms with van der Waals surface area (Å²) in [6.45, 7) is 3.15. The number of aromatic nitrogens is 2. The highest BCUT2D eigenvalue weighted by Gasteiger charge is 2.28. The molecule has 0 aliphatic carbocycles. The van der Waals surface area contributed by atoms with Crippen molar-refractivity contribution in [3.8, 4) is 0 Å². The summed E-state index contributed by atoms with van der Waals surface area (Å²) in [5, 5.41) is 1.03. The first kappa shape index (κ1) is 25.6. The van der Waals surface area contributed by atoms with Crippen LogP contribution in [0.5, 0.6) is 0 Å². The van der Waals surface area contributed by atoms with Gasteiger partial charge in [-0.3, -0.25) is 9.36 Å². The minimum absolute atomic E-state index is 0.00870. The maximum absolute atomic E-state index is 13.0. The monoisotopic (exact) mass is 536 g/mol. The molecule has 1 aromatic heterocycles. The minimum Gasteiger partial charge on any atom is -0.341 e. The van der Waals surface area contributed by atoms with Gasteiger partial charge in [-0.05, 0) is 61.3 Å². The van der Waals surface area contributed by atoms with Crippen LogP contribution in [-0.4, -0.2) is 58.5 Å². The van der Waals surface area contributed by atoms with E-state index in [1.54, 1.807) is 4.90 Å². The Hall–Kier alpha value is -3.06. The first-order chi connectivity index (χ1) is 17.9. The molecule has 6 nitrogen and oxygen atoms in total. The number of likely N-dealkylation sites (tertiary alicyclic amines) is 1. The molecular formula is C29H30Cl2N4O2. The van der Waals surface area contributed by atoms with E-state index < -0.39 is 0 Å². The Labute approximate surface area is 226 Å². The number of likely N-dealkylation sites (N-methyl/N-ethyl adjacent to an activating group) is 1. The smallest absolute Gasteiger partial charge is 0.326 e. The normalized spacial score (nSPS) is 16.8. The molecule has 8 heteroatoms. The molecule has 2 unspecified atom stereocenters. The fourth-order valence-electron chi connectivity index (χ4n) is 5.35. The molecule has 5 rings (SSSR count). The van der Waals surface area contributed by atoms with Crippen molar-refractivity contribution in [1.82, 2.24) is 19.4 Å². The van der Waals surface area contributed by atoms with E-state index in [0.29, 0.717) is 22.2 Å². The largest absolute Gasteiger partial charge is 0.341 e. The first-order valence-corrected chi connectivity index (χ1v) is 13.3. The van der Waals surface area contributed by atoms with E-state index in [0.717, 1.165) is 49.1 Å². The lowest BCUT2D eigenvalue weighted by Crippen LogP contribution is -2.33. The molecule has 3 aromatic carbocycles. The van der Waals surface area contributed by atoms with Crippen molar-refractivity contribution in [2.75, 3.05) is 33.2 Å². The summed E-state index contributed by atoms with van der Waals surface area (Å²) in [6.07, 6.45) is 1.77. The Balaban J connectivity index is 1.29. The van der Waals surface area contributed by atoms with Gasteiger partial charge in [0.25, 0.3) is 5.91 Å². The van der Waals surface area contributed by atoms with E-state index in [-0.39, 0.29) is 23.6 Å². The molecule has 1 aliphatic rings. The molecule has 0 bridgehead atoms. The van der Waals surface area contributed by atoms with Crippen LogP contribution in [-0.2, 0) is 0 Å². The highest BCUT2D eigenvalue weighted by atomic mass is 35.5. The fraction of sp³-hybridized carbons (Fsp3) is 0.310. The topological polar surface area (TPSA) is 61.3 Å². The highest BCUT2D eigenvalue weighted by molar-refractivity contribution is 6.42. The molecule has 0 radical (unpaired) electrons. The number of amides is 1. The van der Waals surface area contributed by atoms with Gasteiger partial charge < -0.3 is 14.8 Å². The zero-order chi connectivity index (χ0) is 25.9. The summed E-state index contributed by atoms with van der Waals surface area (Å²) in [7, 11) is 1.84. The number of hydrogen-bond acceptors (Lipinski definition) is 3. The quantitative estimate of drug-likeness (QED) is 0.308. The average molecular weight is 537 g/mol. The van der Waals surface area contributed by atoms with Gasteiger partial charge in [0, 0.05) is 38.2 Å². The third-order valence-electron chi connectivity index (χ3n) is 7.31. The van der Waals surface area contributed by atoms with E-state index in [2.05, 4.69) is 9.88 Å². The Morgan fingerprint density at radius 3 is 2.59 bits per heavy atom. The van der Waals surface area contributed by atoms with Crippen LogP contribution in [0.4, 0.5) is 0 Å². The van der Waals surface area contributed by atoms with Gasteiger partial charge in [0.15, 0.2) is 0 Å². The number of benzene rings is 3. The molecule has 192 valence electrons. The second kappa shape index (κ2) is 11.1. The van der Waals surface area contributed by atoms with Crippen molar-refractivity contribution in [2.24, 2.45) is 0 Å². The third-order valence-corrected chi connectivity index (χ3v) is 8.05. The standard InChI is InChI=1S/C29H30Cl2N4O2/c1-33(28(36)20-7-3-2-4-8-20)18-22(21-11-12-24(30)25(31)17-21)13-15-34-16-14-23(19-34)35-27-10-6-5-9-26(27)32-29(35)37/h2-12,17,22-23H,13-16,18-19H2,1H3,(H,32,37). The Morgan fingerprint density at radius 2 is 1.81 bits per heavy atom. The number of fused-ring (bicyclic) bond motifs is 1. The number of para-hydroxylation sites is 2. The van der Waals surface area contributed by atoms with Crippen molar-refractivity contribution in [2.45, 2.75) is 24.8 Å². The maximum atomic E-state index is 13.0. The van der Waals surface area contributed by atoms with Crippen LogP contribution >= 0.6 is 23.2 Å². The number of halogens is 2. The Morgan fingerprint density at radius 1 is 1.05 bits per heavy atom. The predicted molar refractivity (Wildman–Crippen MR) is 150 cm³/mol. The van der Waals surface area contributed by atoms with Crippen LogP contribution < -0.4 is 5.69 Å². The van der Waals surface area contributed by atoms with E-state index in [4.69, 9.17) is 23.2 Å². The number of rotatable bonds is 8. The molecule has 4 aromatic rings. The molecule has 2 atom stereocenters. The van der Waals surface area contributed by atoms with Gasteiger partial charge in [0.2, 0.25) is 0 Å². The summed E-state index contributed by atoms with van der Waals surface area (Å²) in [4.78, 5) is 32.9. The van der Waals surface area contributed by atoms with Crippen LogP contribution in [0, 0.1) is 0 Å². The summed E-state index contributed by atoms with van der Waals surface area (Å²) in [6, 6.07) is 23.0. The maximum Gasteiger partial charge on any atom is 0.326 e. The number of carbonyl (C=O) groups is 1. The van der Waals surface area contributed by atoms with Crippen molar-refractivity contribution in [3.05, 3.63) is 104 Å². The number of aromatic amines is 1. The number of imidazole rings is 1. The predicted octanol–water partition coefficient (Wildman–Crippen LogP) is 5.83. The van der Waals surface area contributed by atoms with E-state index in [1.165, 1.54) is 0 Å². The van der Waals surface area contributed by atoms with Gasteiger partial charge in [-0.15, -0.1) is 0 Å². The van der Waals surface area contributed by atoms with Crippen LogP contribution in [0.15, 0.2) is 77.6 Å². The number of H-pyrrole nitrogens is 1. The second-order valence-corrected chi connectivity index (χ2v) is 10.6. The van der Waals surface area contributed by atoms with E-state index >= 15 is 0 Å². The van der Waals surface area contributed by atoms with Crippen molar-refractivity contribution >= 4 is 40.1 Å². The lowest BCUT2D eigenvalue weighted by molar-refractivity contribution is 0.0783. The number of nitrogens with one attached hydrogen (secondary N) is 1. The van der Waals surface area contributed by atoms with Gasteiger partial charge in [0.05, 0.1) is 27.1 Å². The van der Waals surface area contributed by atoms with Crippen molar-refractivity contribution in [3.63, 3.8) is 0 Å². The van der Waals surface area contributed by atoms with Crippen LogP contribution in [0.25, 0.3) is 11.0 Å². The molecule has 1 amide bonds. The number of hydrogen-bond donors (Lipinski definition) is 1. The highest BCUT2D eigenvalue weighted by Crippen LogP contribution is 2.30. The number of carbonyl (C=O) groups excluding carboxylic acids is 1. The summed E-state index contributed by atoms with van der Waals surface area (Å²) in [5.74, 6) is 0.0768. The van der Waals surface area contributed by atoms with Crippen molar-refractivity contribution in [1.29, 1.82) is 0 Å². The van der Waals surface area contributed by atoms with Gasteiger partial charge in [-0.2, -0.15) is 0 Å². The molecular weight excluding hydrogens is 507 g/mol. The van der Waals surface area contributed by atoms with E-state index in [1.807, 2.05) is 84.4 Å². The molecule has 37 heavy (non-hydrogen) atoms. The summed E-state index contributed by atoms with van der Waals surface area (Å²) in [5.41, 5.74) is 3.50. The van der Waals surface area contributed by atoms with Gasteiger partial charge >= 0.3 is 5.69 Å². The Bertz CT molecular complexity index is 1450. The molecule has 1 aliphatic heterocycles. The molecule has 1 saturated heterocycles. The lowest BCUT2D eigenvalue weighted by atomic mass is 9.94. The van der Waals surface area contributed by atoms with E-state index in [9.17, 15) is 9.59 Å². The lowest BCUT2D eigenvalue weighted by Gasteiger charge is -2.27. The second-order valence-electron chi connectivity index (χ2n) is 9.77. The summed E-state index contributed by atoms with van der Waals surface area (Å²) >= 11 is 12.5. The summed E-state index contributed by atoms with van der Waals surface area (Å²) < 4.78 is 1.90. The zero-order valence-electron chi connectivity index (χ0n) is 20.7. The van der Waals surface area contributed by atoms with Gasteiger partial charge in [0.1, 0.15) is 0 Å². The molecule has 1 fully saturated rings. The molecule has 2 heterocycles. The average Bonchev–Trinajstić information content (AvgIpc) is 3.51. The van der Waals surface area contributed by atoms with Crippen LogP contribution in [0.3, 0.4) is 0 Å². The molecule has 1 N–H and O–H groups in total. The first-order valence-electron chi connectivity index (χ1n) is 12.6. The van der Waals surface area contributed by atoms with Crippen LogP contribution in [0.1, 0.15) is 40.7 Å². The third kappa shape index (κ3) is 5.61. The fourth-order valence-corrected chi connectivity index (χ4v) is 5.65. The number of nitrogens with zero attached hydrogens (tertiary/aromatic N) is 3. The van der Waals surface area contributed by atoms with Crippen LogP contribution in [0.2, 0.25) is 10.0 Å². The SMILES string of the molecule is CN(CC(CCN1CCC(n2c(=O)[nH]c3ccccc32)C1)c1ccc(Cl)c(Cl)c1)C(=O)c1ccccc1. The molecule has 0 spiro atoms. The van der Waals surface area contributed by atoms with Gasteiger partial charge in [-0.1, -0.05) is 59.6 Å². The minimum atomic E-state index is -0.0530. The zero-order valence-corrected chi connectivity index (χ0v) is 22.3. The van der Waals surface area contributed by atoms with Crippen molar-refractivity contribution < 1.29 is 4.79 Å². The van der Waals surface area contributed by atoms with Gasteiger partial charge in [-0.25, -0.2) is 4.79 Å².